The minimum absolute atomic E-state index is 0.572. The lowest BCUT2D eigenvalue weighted by Crippen LogP contribution is -2.47. The van der Waals surface area contributed by atoms with E-state index in [-0.39, 0.29) is 0 Å². The molecular weight excluding hydrogens is 352 g/mol. The van der Waals surface area contributed by atoms with Gasteiger partial charge < -0.3 is 10.2 Å². The first-order valence-electron chi connectivity index (χ1n) is 9.92. The maximum absolute atomic E-state index is 4.73. The molecule has 5 rings (SSSR count). The molecule has 1 N–H and O–H groups in total. The summed E-state index contributed by atoms with van der Waals surface area (Å²) in [5, 5.41) is 4.75. The maximum atomic E-state index is 4.73. The Bertz CT molecular complexity index is 942. The highest BCUT2D eigenvalue weighted by Gasteiger charge is 2.22. The van der Waals surface area contributed by atoms with Gasteiger partial charge in [-0.2, -0.15) is 4.37 Å². The number of aromatic nitrogens is 1. The van der Waals surface area contributed by atoms with Crippen LogP contribution in [-0.4, -0.2) is 42.0 Å². The van der Waals surface area contributed by atoms with E-state index in [1.807, 2.05) is 0 Å². The van der Waals surface area contributed by atoms with Gasteiger partial charge in [0, 0.05) is 51.2 Å². The quantitative estimate of drug-likeness (QED) is 0.748. The fraction of sp³-hybridized carbons (Fsp3) is 0.409. The summed E-state index contributed by atoms with van der Waals surface area (Å²) >= 11 is 1.62. The van der Waals surface area contributed by atoms with Crippen molar-refractivity contribution in [3.8, 4) is 0 Å². The summed E-state index contributed by atoms with van der Waals surface area (Å²) in [6.07, 6.45) is 0. The molecule has 1 aromatic heterocycles. The Hall–Kier alpha value is -1.95. The molecule has 1 saturated heterocycles. The molecule has 2 aromatic carbocycles. The first kappa shape index (κ1) is 17.2. The minimum atomic E-state index is 0.572. The van der Waals surface area contributed by atoms with Gasteiger partial charge in [0.1, 0.15) is 5.82 Å². The highest BCUT2D eigenvalue weighted by molar-refractivity contribution is 7.13. The van der Waals surface area contributed by atoms with Gasteiger partial charge >= 0.3 is 0 Å². The molecule has 0 aliphatic carbocycles. The Morgan fingerprint density at radius 2 is 1.85 bits per heavy atom. The number of nitrogens with zero attached hydrogens (tertiary/aromatic N) is 3. The average molecular weight is 379 g/mol. The van der Waals surface area contributed by atoms with Crippen LogP contribution in [0.3, 0.4) is 0 Å². The van der Waals surface area contributed by atoms with Gasteiger partial charge in [-0.1, -0.05) is 37.3 Å². The van der Waals surface area contributed by atoms with Crippen LogP contribution in [0.15, 0.2) is 42.5 Å². The van der Waals surface area contributed by atoms with Crippen LogP contribution in [0.5, 0.6) is 0 Å². The van der Waals surface area contributed by atoms with Crippen LogP contribution < -0.4 is 10.2 Å². The number of hydrogen-bond acceptors (Lipinski definition) is 5. The molecule has 1 atom stereocenters. The summed E-state index contributed by atoms with van der Waals surface area (Å²) in [6.45, 7) is 9.91. The third-order valence-electron chi connectivity index (χ3n) is 5.99. The highest BCUT2D eigenvalue weighted by Crippen LogP contribution is 2.30. The van der Waals surface area contributed by atoms with E-state index in [1.165, 1.54) is 32.6 Å². The first-order valence-corrected chi connectivity index (χ1v) is 10.7. The molecule has 1 unspecified atom stereocenters. The zero-order valence-electron chi connectivity index (χ0n) is 15.8. The molecule has 2 aliphatic heterocycles. The van der Waals surface area contributed by atoms with Crippen LogP contribution in [-0.2, 0) is 13.1 Å². The van der Waals surface area contributed by atoms with Gasteiger partial charge in [-0.3, -0.25) is 4.90 Å². The number of nitrogens with one attached hydrogen (secondary N) is 1. The Balaban J connectivity index is 1.22. The number of anilines is 1. The van der Waals surface area contributed by atoms with Gasteiger partial charge in [0.25, 0.3) is 0 Å². The van der Waals surface area contributed by atoms with Crippen LogP contribution in [0, 0.1) is 0 Å². The van der Waals surface area contributed by atoms with E-state index in [9.17, 15) is 0 Å². The molecule has 0 bridgehead atoms. The molecular formula is C22H26N4S. The zero-order valence-corrected chi connectivity index (χ0v) is 16.6. The third-order valence-corrected chi connectivity index (χ3v) is 6.81. The third kappa shape index (κ3) is 3.35. The fourth-order valence-corrected chi connectivity index (χ4v) is 5.15. The van der Waals surface area contributed by atoms with Crippen molar-refractivity contribution in [2.75, 3.05) is 37.6 Å². The van der Waals surface area contributed by atoms with E-state index in [1.54, 1.807) is 11.5 Å². The van der Waals surface area contributed by atoms with Gasteiger partial charge in [-0.05, 0) is 46.3 Å². The van der Waals surface area contributed by atoms with E-state index >= 15 is 0 Å². The largest absolute Gasteiger partial charge is 0.353 e. The van der Waals surface area contributed by atoms with Crippen molar-refractivity contribution in [3.05, 3.63) is 59.2 Å². The summed E-state index contributed by atoms with van der Waals surface area (Å²) in [5.74, 6) is 1.75. The van der Waals surface area contributed by atoms with E-state index in [4.69, 9.17) is 4.37 Å². The lowest BCUT2D eigenvalue weighted by molar-refractivity contribution is 0.246. The van der Waals surface area contributed by atoms with Gasteiger partial charge in [0.15, 0.2) is 0 Å². The molecule has 3 aromatic rings. The second-order valence-corrected chi connectivity index (χ2v) is 8.63. The normalized spacial score (nSPS) is 18.8. The minimum Gasteiger partial charge on any atom is -0.353 e. The lowest BCUT2D eigenvalue weighted by atomic mass is 9.96. The number of fused-ring (bicyclic) bond motifs is 2. The SMILES string of the molecule is CC(CN1CCN(c2nsc3ccccc23)CC1)c1ccc2c(c1)CNC2. The topological polar surface area (TPSA) is 31.4 Å². The summed E-state index contributed by atoms with van der Waals surface area (Å²) in [7, 11) is 0. The molecule has 0 spiro atoms. The predicted octanol–water partition coefficient (Wildman–Crippen LogP) is 3.83. The van der Waals surface area contributed by atoms with Crippen molar-refractivity contribution >= 4 is 27.4 Å². The molecule has 27 heavy (non-hydrogen) atoms. The maximum Gasteiger partial charge on any atom is 0.150 e. The van der Waals surface area contributed by atoms with E-state index in [2.05, 4.69) is 64.5 Å². The Morgan fingerprint density at radius 1 is 1.04 bits per heavy atom. The highest BCUT2D eigenvalue weighted by atomic mass is 32.1. The van der Waals surface area contributed by atoms with Crippen molar-refractivity contribution in [1.82, 2.24) is 14.6 Å². The molecule has 1 fully saturated rings. The summed E-state index contributed by atoms with van der Waals surface area (Å²) in [6, 6.07) is 15.6. The van der Waals surface area contributed by atoms with Crippen molar-refractivity contribution in [2.45, 2.75) is 25.9 Å². The van der Waals surface area contributed by atoms with Gasteiger partial charge in [-0.15, -0.1) is 0 Å². The van der Waals surface area contributed by atoms with Crippen LogP contribution in [0.25, 0.3) is 10.1 Å². The van der Waals surface area contributed by atoms with E-state index in [0.29, 0.717) is 5.92 Å². The molecule has 0 saturated carbocycles. The van der Waals surface area contributed by atoms with Gasteiger partial charge in [0.2, 0.25) is 0 Å². The van der Waals surface area contributed by atoms with Gasteiger partial charge in [-0.25, -0.2) is 0 Å². The number of benzene rings is 2. The molecule has 0 radical (unpaired) electrons. The standard InChI is InChI=1S/C22H26N4S/c1-16(17-6-7-18-13-23-14-19(18)12-17)15-25-8-10-26(11-9-25)22-20-4-2-3-5-21(20)27-24-22/h2-7,12,16,23H,8-11,13-15H2,1H3. The van der Waals surface area contributed by atoms with Crippen LogP contribution >= 0.6 is 11.5 Å². The molecule has 0 amide bonds. The van der Waals surface area contributed by atoms with Crippen molar-refractivity contribution in [3.63, 3.8) is 0 Å². The Morgan fingerprint density at radius 3 is 2.74 bits per heavy atom. The number of rotatable bonds is 4. The molecule has 3 heterocycles. The molecule has 5 heteroatoms. The second-order valence-electron chi connectivity index (χ2n) is 7.82. The molecule has 4 nitrogen and oxygen atoms in total. The Kier molecular flexibility index (Phi) is 4.60. The van der Waals surface area contributed by atoms with Crippen LogP contribution in [0.1, 0.15) is 29.5 Å². The van der Waals surface area contributed by atoms with E-state index in [0.717, 1.165) is 45.8 Å². The van der Waals surface area contributed by atoms with Gasteiger partial charge in [0.05, 0.1) is 4.70 Å². The molecule has 2 aliphatic rings. The predicted molar refractivity (Wildman–Crippen MR) is 114 cm³/mol. The van der Waals surface area contributed by atoms with Crippen molar-refractivity contribution in [2.24, 2.45) is 0 Å². The van der Waals surface area contributed by atoms with Crippen LogP contribution in [0.4, 0.5) is 5.82 Å². The van der Waals surface area contributed by atoms with E-state index < -0.39 is 0 Å². The summed E-state index contributed by atoms with van der Waals surface area (Å²) < 4.78 is 6.02. The van der Waals surface area contributed by atoms with Crippen LogP contribution in [0.2, 0.25) is 0 Å². The number of hydrogen-bond donors (Lipinski definition) is 1. The summed E-state index contributed by atoms with van der Waals surface area (Å²) in [5.41, 5.74) is 4.43. The lowest BCUT2D eigenvalue weighted by Gasteiger charge is -2.36. The second kappa shape index (κ2) is 7.23. The summed E-state index contributed by atoms with van der Waals surface area (Å²) in [4.78, 5) is 5.07. The van der Waals surface area contributed by atoms with Crippen molar-refractivity contribution < 1.29 is 0 Å². The Labute approximate surface area is 165 Å². The number of piperazine rings is 1. The molecule has 140 valence electrons. The first-order chi connectivity index (χ1) is 13.3. The fourth-order valence-electron chi connectivity index (χ4n) is 4.36. The van der Waals surface area contributed by atoms with Crippen molar-refractivity contribution in [1.29, 1.82) is 0 Å². The average Bonchev–Trinajstić information content (AvgIpc) is 3.35. The zero-order chi connectivity index (χ0) is 18.2. The monoisotopic (exact) mass is 378 g/mol. The smallest absolute Gasteiger partial charge is 0.150 e.